The molecule has 2 N–H and O–H groups in total. The van der Waals surface area contributed by atoms with Crippen LogP contribution in [0.15, 0.2) is 24.3 Å². The Hall–Kier alpha value is -2.08. The summed E-state index contributed by atoms with van der Waals surface area (Å²) in [6, 6.07) is 7.29. The lowest BCUT2D eigenvalue weighted by molar-refractivity contribution is -0.125. The van der Waals surface area contributed by atoms with Gasteiger partial charge in [0, 0.05) is 7.11 Å². The van der Waals surface area contributed by atoms with Crippen LogP contribution in [0.25, 0.3) is 0 Å². The predicted molar refractivity (Wildman–Crippen MR) is 86.1 cm³/mol. The van der Waals surface area contributed by atoms with Gasteiger partial charge in [0.15, 0.2) is 0 Å². The molecule has 0 aliphatic heterocycles. The van der Waals surface area contributed by atoms with Crippen LogP contribution in [0, 0.1) is 0 Å². The number of carbonyl (C=O) groups is 2. The van der Waals surface area contributed by atoms with Crippen molar-refractivity contribution >= 4 is 12.0 Å². The molecule has 126 valence electrons. The van der Waals surface area contributed by atoms with Gasteiger partial charge in [-0.1, -0.05) is 24.3 Å². The number of benzene rings is 1. The van der Waals surface area contributed by atoms with Gasteiger partial charge in [-0.15, -0.1) is 0 Å². The van der Waals surface area contributed by atoms with Gasteiger partial charge in [-0.05, 0) is 38.3 Å². The molecule has 23 heavy (non-hydrogen) atoms. The van der Waals surface area contributed by atoms with Crippen LogP contribution in [-0.4, -0.2) is 37.4 Å². The third-order valence-corrected chi connectivity index (χ3v) is 3.53. The molecule has 0 heterocycles. The summed E-state index contributed by atoms with van der Waals surface area (Å²) in [4.78, 5) is 23.9. The lowest BCUT2D eigenvalue weighted by Gasteiger charge is -2.26. The quantitative estimate of drug-likeness (QED) is 0.889. The summed E-state index contributed by atoms with van der Waals surface area (Å²) in [5, 5.41) is 5.78. The fraction of sp³-hybridized carbons (Fsp3) is 0.529. The molecule has 0 saturated carbocycles. The molecule has 1 aliphatic carbocycles. The molecule has 0 fully saturated rings. The first-order valence-electron chi connectivity index (χ1n) is 7.66. The molecular weight excluding hydrogens is 296 g/mol. The molecule has 0 spiro atoms. The molecular formula is C17H24N2O4. The summed E-state index contributed by atoms with van der Waals surface area (Å²) >= 11 is 0. The number of hydrogen-bond donors (Lipinski definition) is 2. The topological polar surface area (TPSA) is 76.7 Å². The number of nitrogens with one attached hydrogen (secondary N) is 2. The summed E-state index contributed by atoms with van der Waals surface area (Å²) < 4.78 is 10.2. The number of hydrogen-bond acceptors (Lipinski definition) is 4. The van der Waals surface area contributed by atoms with Crippen LogP contribution in [0.5, 0.6) is 0 Å². The fourth-order valence-electron chi connectivity index (χ4n) is 2.72. The van der Waals surface area contributed by atoms with Crippen LogP contribution in [0.4, 0.5) is 4.79 Å². The van der Waals surface area contributed by atoms with Crippen molar-refractivity contribution in [2.75, 3.05) is 13.7 Å². The maximum atomic E-state index is 12.1. The summed E-state index contributed by atoms with van der Waals surface area (Å²) in [6.07, 6.45) is 0.164. The van der Waals surface area contributed by atoms with Crippen LogP contribution in [0.3, 0.4) is 0 Å². The highest BCUT2D eigenvalue weighted by Crippen LogP contribution is 2.31. The van der Waals surface area contributed by atoms with Gasteiger partial charge in [0.2, 0.25) is 5.91 Å². The van der Waals surface area contributed by atoms with Gasteiger partial charge in [0.1, 0.15) is 12.2 Å². The van der Waals surface area contributed by atoms with Gasteiger partial charge >= 0.3 is 6.09 Å². The average molecular weight is 320 g/mol. The minimum Gasteiger partial charge on any atom is -0.444 e. The molecule has 1 aromatic rings. The van der Waals surface area contributed by atoms with Crippen LogP contribution in [0.2, 0.25) is 0 Å². The Labute approximate surface area is 136 Å². The number of amides is 2. The Morgan fingerprint density at radius 2 is 1.91 bits per heavy atom. The van der Waals surface area contributed by atoms with Crippen molar-refractivity contribution in [3.05, 3.63) is 35.4 Å². The first kappa shape index (κ1) is 17.3. The summed E-state index contributed by atoms with van der Waals surface area (Å²) in [6.45, 7) is 5.43. The van der Waals surface area contributed by atoms with E-state index in [2.05, 4.69) is 10.6 Å². The van der Waals surface area contributed by atoms with Crippen LogP contribution in [-0.2, 0) is 20.7 Å². The van der Waals surface area contributed by atoms with Crippen molar-refractivity contribution < 1.29 is 19.1 Å². The zero-order valence-electron chi connectivity index (χ0n) is 14.0. The van der Waals surface area contributed by atoms with Gasteiger partial charge < -0.3 is 20.1 Å². The Bertz CT molecular complexity index is 580. The molecule has 1 aliphatic rings. The third kappa shape index (κ3) is 4.69. The van der Waals surface area contributed by atoms with Crippen molar-refractivity contribution in [2.45, 2.75) is 44.9 Å². The van der Waals surface area contributed by atoms with Gasteiger partial charge in [-0.3, -0.25) is 4.79 Å². The summed E-state index contributed by atoms with van der Waals surface area (Å²) in [7, 11) is 1.47. The minimum absolute atomic E-state index is 0.00793. The number of alkyl carbamates (subject to hydrolysis) is 1. The maximum Gasteiger partial charge on any atom is 0.408 e. The van der Waals surface area contributed by atoms with Crippen LogP contribution in [0.1, 0.15) is 37.9 Å². The van der Waals surface area contributed by atoms with Gasteiger partial charge in [-0.25, -0.2) is 4.79 Å². The monoisotopic (exact) mass is 320 g/mol. The molecule has 2 amide bonds. The van der Waals surface area contributed by atoms with E-state index in [4.69, 9.17) is 9.47 Å². The predicted octanol–water partition coefficient (Wildman–Crippen LogP) is 1.94. The Morgan fingerprint density at radius 3 is 2.57 bits per heavy atom. The Kier molecular flexibility index (Phi) is 5.26. The van der Waals surface area contributed by atoms with Crippen molar-refractivity contribution in [3.63, 3.8) is 0 Å². The Balaban J connectivity index is 2.13. The lowest BCUT2D eigenvalue weighted by atomic mass is 10.1. The molecule has 1 aromatic carbocycles. The molecule has 6 nitrogen and oxygen atoms in total. The van der Waals surface area contributed by atoms with Gasteiger partial charge in [-0.2, -0.15) is 0 Å². The summed E-state index contributed by atoms with van der Waals surface area (Å²) in [5.74, 6) is -0.207. The van der Waals surface area contributed by atoms with Crippen molar-refractivity contribution in [2.24, 2.45) is 0 Å². The maximum absolute atomic E-state index is 12.1. The van der Waals surface area contributed by atoms with Gasteiger partial charge in [0.05, 0.1) is 12.1 Å². The van der Waals surface area contributed by atoms with E-state index in [1.165, 1.54) is 7.11 Å². The average Bonchev–Trinajstić information content (AvgIpc) is 2.75. The Morgan fingerprint density at radius 1 is 1.22 bits per heavy atom. The smallest absolute Gasteiger partial charge is 0.408 e. The number of methoxy groups -OCH3 is 1. The van der Waals surface area contributed by atoms with E-state index in [-0.39, 0.29) is 24.6 Å². The van der Waals surface area contributed by atoms with E-state index in [0.717, 1.165) is 11.1 Å². The molecule has 0 bridgehead atoms. The molecule has 0 radical (unpaired) electrons. The van der Waals surface area contributed by atoms with Crippen LogP contribution >= 0.6 is 0 Å². The SMILES string of the molecule is COCC(=O)N[C@@H]1Cc2ccccc2[C@H]1NC(=O)OC(C)(C)C. The third-order valence-electron chi connectivity index (χ3n) is 3.53. The van der Waals surface area contributed by atoms with E-state index in [1.54, 1.807) is 0 Å². The first-order chi connectivity index (χ1) is 10.8. The molecule has 2 rings (SSSR count). The highest BCUT2D eigenvalue weighted by Gasteiger charge is 2.35. The molecule has 0 aromatic heterocycles. The number of ether oxygens (including phenoxy) is 2. The van der Waals surface area contributed by atoms with Crippen molar-refractivity contribution in [3.8, 4) is 0 Å². The van der Waals surface area contributed by atoms with E-state index in [9.17, 15) is 9.59 Å². The van der Waals surface area contributed by atoms with Crippen molar-refractivity contribution in [1.82, 2.24) is 10.6 Å². The number of rotatable bonds is 4. The normalized spacial score (nSPS) is 19.8. The summed E-state index contributed by atoms with van der Waals surface area (Å²) in [5.41, 5.74) is 1.54. The second-order valence-electron chi connectivity index (χ2n) is 6.63. The largest absolute Gasteiger partial charge is 0.444 e. The second-order valence-corrected chi connectivity index (χ2v) is 6.63. The van der Waals surface area contributed by atoms with E-state index in [1.807, 2.05) is 45.0 Å². The molecule has 0 saturated heterocycles. The van der Waals surface area contributed by atoms with Gasteiger partial charge in [0.25, 0.3) is 0 Å². The molecule has 2 atom stereocenters. The molecule has 6 heteroatoms. The van der Waals surface area contributed by atoms with E-state index < -0.39 is 11.7 Å². The zero-order valence-corrected chi connectivity index (χ0v) is 14.0. The second kappa shape index (κ2) is 7.00. The lowest BCUT2D eigenvalue weighted by Crippen LogP contribution is -2.46. The van der Waals surface area contributed by atoms with Crippen LogP contribution < -0.4 is 10.6 Å². The minimum atomic E-state index is -0.572. The van der Waals surface area contributed by atoms with E-state index >= 15 is 0 Å². The standard InChI is InChI=1S/C17H24N2O4/c1-17(2,3)23-16(21)19-15-12-8-6-5-7-11(12)9-13(15)18-14(20)10-22-4/h5-8,13,15H,9-10H2,1-4H3,(H,18,20)(H,19,21)/t13-,15-/m1/s1. The first-order valence-corrected chi connectivity index (χ1v) is 7.66. The van der Waals surface area contributed by atoms with E-state index in [0.29, 0.717) is 6.42 Å². The number of fused-ring (bicyclic) bond motifs is 1. The van der Waals surface area contributed by atoms with Crippen molar-refractivity contribution in [1.29, 1.82) is 0 Å². The highest BCUT2D eigenvalue weighted by atomic mass is 16.6. The number of carbonyl (C=O) groups excluding carboxylic acids is 2. The fourth-order valence-corrected chi connectivity index (χ4v) is 2.72. The highest BCUT2D eigenvalue weighted by molar-refractivity contribution is 5.78. The molecule has 0 unspecified atom stereocenters. The zero-order chi connectivity index (χ0) is 17.0.